The van der Waals surface area contributed by atoms with Crippen LogP contribution >= 0.6 is 0 Å². The van der Waals surface area contributed by atoms with Crippen LogP contribution in [0.3, 0.4) is 0 Å². The minimum atomic E-state index is -0.526. The average Bonchev–Trinajstić information content (AvgIpc) is 2.65. The van der Waals surface area contributed by atoms with Crippen LogP contribution in [0.4, 0.5) is 0 Å². The van der Waals surface area contributed by atoms with Crippen molar-refractivity contribution in [3.05, 3.63) is 107 Å². The lowest BCUT2D eigenvalue weighted by Crippen LogP contribution is -2.07. The van der Waals surface area contributed by atoms with Crippen LogP contribution in [-0.2, 0) is 0 Å². The van der Waals surface area contributed by atoms with Gasteiger partial charge < -0.3 is 0 Å². The highest BCUT2D eigenvalue weighted by Gasteiger charge is 2.14. The van der Waals surface area contributed by atoms with Crippen molar-refractivity contribution in [2.75, 3.05) is 0 Å². The molecule has 0 spiro atoms. The van der Waals surface area contributed by atoms with E-state index in [2.05, 4.69) is 6.07 Å². The number of rotatable bonds is 4. The highest BCUT2D eigenvalue weighted by atomic mass is 14.8. The van der Waals surface area contributed by atoms with Crippen molar-refractivity contribution in [2.24, 2.45) is 4.99 Å². The molecule has 2 heteroatoms. The average molecular weight is 310 g/mol. The van der Waals surface area contributed by atoms with E-state index in [4.69, 9.17) is 4.99 Å². The van der Waals surface area contributed by atoms with Gasteiger partial charge in [-0.25, -0.2) is 0 Å². The molecule has 24 heavy (non-hydrogen) atoms. The van der Waals surface area contributed by atoms with Gasteiger partial charge in [0.25, 0.3) is 0 Å². The monoisotopic (exact) mass is 310 g/mol. The van der Waals surface area contributed by atoms with Gasteiger partial charge in [0.15, 0.2) is 6.04 Å². The van der Waals surface area contributed by atoms with E-state index in [-0.39, 0.29) is 0 Å². The van der Waals surface area contributed by atoms with Crippen LogP contribution in [0.5, 0.6) is 0 Å². The van der Waals surface area contributed by atoms with Gasteiger partial charge in [0.1, 0.15) is 0 Å². The number of aliphatic imine (C=N–C) groups is 1. The molecule has 1 unspecified atom stereocenters. The topological polar surface area (TPSA) is 36.1 Å². The highest BCUT2D eigenvalue weighted by Crippen LogP contribution is 2.23. The van der Waals surface area contributed by atoms with Crippen molar-refractivity contribution < 1.29 is 0 Å². The summed E-state index contributed by atoms with van der Waals surface area (Å²) in [5.74, 6) is 0. The smallest absolute Gasteiger partial charge is 0.162 e. The first-order valence-corrected chi connectivity index (χ1v) is 7.93. The Bertz CT molecular complexity index is 833. The summed E-state index contributed by atoms with van der Waals surface area (Å²) in [5, 5.41) is 9.69. The Hall–Kier alpha value is -3.18. The predicted octanol–water partition coefficient (Wildman–Crippen LogP) is 5.10. The zero-order chi connectivity index (χ0) is 16.8. The summed E-state index contributed by atoms with van der Waals surface area (Å²) in [5.41, 5.74) is 4.89. The molecule has 0 fully saturated rings. The molecule has 0 radical (unpaired) electrons. The molecule has 116 valence electrons. The van der Waals surface area contributed by atoms with Gasteiger partial charge in [-0.05, 0) is 18.1 Å². The SMILES string of the molecule is Cc1ccccc1C(C#N)N=C(c1ccccc1)c1ccccc1. The number of benzene rings is 3. The van der Waals surface area contributed by atoms with Crippen LogP contribution in [-0.4, -0.2) is 5.71 Å². The molecule has 0 aliphatic rings. The highest BCUT2D eigenvalue weighted by molar-refractivity contribution is 6.13. The summed E-state index contributed by atoms with van der Waals surface area (Å²) >= 11 is 0. The van der Waals surface area contributed by atoms with Gasteiger partial charge in [-0.3, -0.25) is 4.99 Å². The molecule has 2 nitrogen and oxygen atoms in total. The van der Waals surface area contributed by atoms with Crippen LogP contribution < -0.4 is 0 Å². The van der Waals surface area contributed by atoms with Crippen LogP contribution in [0, 0.1) is 18.3 Å². The van der Waals surface area contributed by atoms with E-state index in [1.807, 2.05) is 91.9 Å². The summed E-state index contributed by atoms with van der Waals surface area (Å²) in [6.45, 7) is 2.01. The van der Waals surface area contributed by atoms with Gasteiger partial charge in [-0.2, -0.15) is 5.26 Å². The first kappa shape index (κ1) is 15.7. The summed E-state index contributed by atoms with van der Waals surface area (Å²) in [4.78, 5) is 4.82. The molecular weight excluding hydrogens is 292 g/mol. The zero-order valence-corrected chi connectivity index (χ0v) is 13.6. The fraction of sp³-hybridized carbons (Fsp3) is 0.0909. The van der Waals surface area contributed by atoms with Crippen molar-refractivity contribution in [1.82, 2.24) is 0 Å². The van der Waals surface area contributed by atoms with Crippen LogP contribution in [0.2, 0.25) is 0 Å². The lowest BCUT2D eigenvalue weighted by atomic mass is 9.99. The Morgan fingerprint density at radius 1 is 0.792 bits per heavy atom. The quantitative estimate of drug-likeness (QED) is 0.618. The summed E-state index contributed by atoms with van der Waals surface area (Å²) in [7, 11) is 0. The maximum Gasteiger partial charge on any atom is 0.162 e. The predicted molar refractivity (Wildman–Crippen MR) is 98.1 cm³/mol. The molecule has 1 atom stereocenters. The first-order valence-electron chi connectivity index (χ1n) is 7.93. The lowest BCUT2D eigenvalue weighted by molar-refractivity contribution is 0.915. The van der Waals surface area contributed by atoms with E-state index in [0.717, 1.165) is 28.0 Å². The minimum absolute atomic E-state index is 0.526. The zero-order valence-electron chi connectivity index (χ0n) is 13.6. The van der Waals surface area contributed by atoms with E-state index >= 15 is 0 Å². The lowest BCUT2D eigenvalue weighted by Gasteiger charge is -2.13. The van der Waals surface area contributed by atoms with E-state index in [9.17, 15) is 5.26 Å². The van der Waals surface area contributed by atoms with Gasteiger partial charge in [-0.15, -0.1) is 0 Å². The van der Waals surface area contributed by atoms with E-state index < -0.39 is 6.04 Å². The van der Waals surface area contributed by atoms with Crippen molar-refractivity contribution in [3.8, 4) is 6.07 Å². The van der Waals surface area contributed by atoms with Crippen molar-refractivity contribution in [3.63, 3.8) is 0 Å². The molecule has 0 saturated carbocycles. The maximum atomic E-state index is 9.69. The van der Waals surface area contributed by atoms with E-state index in [1.54, 1.807) is 0 Å². The molecule has 3 aromatic carbocycles. The molecule has 0 amide bonds. The Morgan fingerprint density at radius 3 is 1.79 bits per heavy atom. The van der Waals surface area contributed by atoms with Gasteiger partial charge in [0.05, 0.1) is 11.8 Å². The molecule has 0 aliphatic heterocycles. The first-order chi connectivity index (χ1) is 11.8. The molecule has 0 aliphatic carbocycles. The van der Waals surface area contributed by atoms with Crippen molar-refractivity contribution >= 4 is 5.71 Å². The summed E-state index contributed by atoms with van der Waals surface area (Å²) in [6, 6.07) is 29.8. The van der Waals surface area contributed by atoms with Crippen LogP contribution in [0.25, 0.3) is 0 Å². The Labute approximate surface area is 142 Å². The molecular formula is C22H18N2. The molecule has 0 saturated heterocycles. The summed E-state index contributed by atoms with van der Waals surface area (Å²) in [6.07, 6.45) is 0. The molecule has 3 rings (SSSR count). The van der Waals surface area contributed by atoms with Gasteiger partial charge in [0.2, 0.25) is 0 Å². The van der Waals surface area contributed by atoms with E-state index in [1.165, 1.54) is 0 Å². The fourth-order valence-corrected chi connectivity index (χ4v) is 2.70. The third-order valence-electron chi connectivity index (χ3n) is 3.96. The number of nitrogens with zero attached hydrogens (tertiary/aromatic N) is 2. The second kappa shape index (κ2) is 7.39. The Balaban J connectivity index is 2.13. The Kier molecular flexibility index (Phi) is 4.84. The second-order valence-electron chi connectivity index (χ2n) is 5.60. The third kappa shape index (κ3) is 3.42. The van der Waals surface area contributed by atoms with E-state index in [0.29, 0.717) is 0 Å². The van der Waals surface area contributed by atoms with Crippen LogP contribution in [0.1, 0.15) is 28.3 Å². The van der Waals surface area contributed by atoms with Crippen LogP contribution in [0.15, 0.2) is 89.9 Å². The molecule has 0 bridgehead atoms. The standard InChI is InChI=1S/C22H18N2/c1-17-10-8-9-15-20(17)21(16-23)24-22(18-11-4-2-5-12-18)19-13-6-3-7-14-19/h2-15,21H,1H3. The number of hydrogen-bond acceptors (Lipinski definition) is 2. The van der Waals surface area contributed by atoms with Crippen molar-refractivity contribution in [1.29, 1.82) is 5.26 Å². The van der Waals surface area contributed by atoms with Crippen molar-refractivity contribution in [2.45, 2.75) is 13.0 Å². The molecule has 0 heterocycles. The second-order valence-corrected chi connectivity index (χ2v) is 5.60. The number of aryl methyl sites for hydroxylation is 1. The van der Waals surface area contributed by atoms with Gasteiger partial charge in [-0.1, -0.05) is 84.9 Å². The number of nitriles is 1. The summed E-state index contributed by atoms with van der Waals surface area (Å²) < 4.78 is 0. The van der Waals surface area contributed by atoms with Gasteiger partial charge >= 0.3 is 0 Å². The molecule has 0 aromatic heterocycles. The maximum absolute atomic E-state index is 9.69. The van der Waals surface area contributed by atoms with Gasteiger partial charge in [0, 0.05) is 11.1 Å². The fourth-order valence-electron chi connectivity index (χ4n) is 2.70. The molecule has 3 aromatic rings. The largest absolute Gasteiger partial charge is 0.261 e. The minimum Gasteiger partial charge on any atom is -0.261 e. The third-order valence-corrected chi connectivity index (χ3v) is 3.96. The normalized spacial score (nSPS) is 11.3. The molecule has 0 N–H and O–H groups in total. The Morgan fingerprint density at radius 2 is 1.29 bits per heavy atom. The number of hydrogen-bond donors (Lipinski definition) is 0.